The van der Waals surface area contributed by atoms with Crippen molar-refractivity contribution in [1.82, 2.24) is 0 Å². The number of nitrogens with zero attached hydrogens (tertiary/aromatic N) is 1. The predicted molar refractivity (Wildman–Crippen MR) is 156 cm³/mol. The quantitative estimate of drug-likeness (QED) is 0.276. The SMILES string of the molecule is CC1=C(C)C(C)([Si](Cl)(Cl)[C@@H]2N(c3c(C(C)C)cccc3C(C)C)C(C)(C)CC2(C)C)C(C)=C1C. The van der Waals surface area contributed by atoms with E-state index in [0.29, 0.717) is 11.8 Å². The van der Waals surface area contributed by atoms with E-state index in [1.165, 1.54) is 39.1 Å². The summed E-state index contributed by atoms with van der Waals surface area (Å²) in [6.45, 7) is 27.2. The Kier molecular flexibility index (Phi) is 7.13. The molecule has 0 N–H and O–H groups in total. The molecule has 0 spiro atoms. The smallest absolute Gasteiger partial charge is 0.286 e. The highest BCUT2D eigenvalue weighted by Crippen LogP contribution is 2.67. The van der Waals surface area contributed by atoms with Gasteiger partial charge in [-0.25, -0.2) is 0 Å². The largest absolute Gasteiger partial charge is 0.363 e. The molecule has 1 saturated heterocycles. The third kappa shape index (κ3) is 3.86. The van der Waals surface area contributed by atoms with Crippen LogP contribution in [0.3, 0.4) is 0 Å². The summed E-state index contributed by atoms with van der Waals surface area (Å²) >= 11 is 15.8. The molecule has 2 aliphatic rings. The molecule has 0 saturated carbocycles. The Morgan fingerprint density at radius 3 is 1.62 bits per heavy atom. The summed E-state index contributed by atoms with van der Waals surface area (Å²) in [5.41, 5.74) is 9.64. The maximum Gasteiger partial charge on any atom is 0.286 e. The number of halogens is 2. The van der Waals surface area contributed by atoms with Crippen LogP contribution in [0.15, 0.2) is 40.5 Å². The second-order valence-electron chi connectivity index (χ2n) is 13.1. The fourth-order valence-corrected chi connectivity index (χ4v) is 15.1. The molecule has 0 radical (unpaired) electrons. The summed E-state index contributed by atoms with van der Waals surface area (Å²) in [6, 6.07) is 6.87. The van der Waals surface area contributed by atoms with Gasteiger partial charge in [-0.2, -0.15) is 0 Å². The van der Waals surface area contributed by atoms with Gasteiger partial charge in [-0.3, -0.25) is 0 Å². The molecule has 34 heavy (non-hydrogen) atoms. The summed E-state index contributed by atoms with van der Waals surface area (Å²) in [7, 11) is 0. The van der Waals surface area contributed by atoms with E-state index in [1.807, 2.05) is 0 Å². The van der Waals surface area contributed by atoms with Crippen molar-refractivity contribution in [2.24, 2.45) is 5.41 Å². The zero-order valence-electron chi connectivity index (χ0n) is 23.9. The molecule has 1 aliphatic heterocycles. The number of anilines is 1. The van der Waals surface area contributed by atoms with Gasteiger partial charge in [0.1, 0.15) is 0 Å². The lowest BCUT2D eigenvalue weighted by atomic mass is 9.85. The van der Waals surface area contributed by atoms with E-state index in [1.54, 1.807) is 0 Å². The molecule has 0 bridgehead atoms. The molecule has 1 aromatic rings. The van der Waals surface area contributed by atoms with Crippen LogP contribution in [0.4, 0.5) is 5.69 Å². The number of allylic oxidation sites excluding steroid dienone is 4. The summed E-state index contributed by atoms with van der Waals surface area (Å²) in [4.78, 5) is 2.71. The van der Waals surface area contributed by atoms with Gasteiger partial charge >= 0.3 is 0 Å². The highest BCUT2D eigenvalue weighted by molar-refractivity contribution is 7.47. The lowest BCUT2D eigenvalue weighted by molar-refractivity contribution is 0.353. The molecular weight excluding hydrogens is 473 g/mol. The minimum atomic E-state index is -3.00. The van der Waals surface area contributed by atoms with Crippen molar-refractivity contribution >= 4 is 34.5 Å². The van der Waals surface area contributed by atoms with Gasteiger partial charge in [0, 0.05) is 16.3 Å². The standard InChI is InChI=1S/C30H47Cl2NSi/c1-18(2)24-15-14-16-25(19(3)4)26(24)33-27(28(9,10)17-29(33,11)12)34(31,32)30(13)22(7)20(5)21(6)23(30)8/h14-16,18-19,27H,17H2,1-13H3/t27-/m0/s1. The van der Waals surface area contributed by atoms with Crippen LogP contribution in [0.1, 0.15) is 119 Å². The van der Waals surface area contributed by atoms with E-state index in [2.05, 4.69) is 113 Å². The number of rotatable bonds is 5. The van der Waals surface area contributed by atoms with Gasteiger partial charge in [-0.15, -0.1) is 22.2 Å². The normalized spacial score (nSPS) is 24.3. The van der Waals surface area contributed by atoms with E-state index in [-0.39, 0.29) is 21.7 Å². The second-order valence-corrected chi connectivity index (χ2v) is 20.0. The molecule has 0 aromatic heterocycles. The molecule has 1 nitrogen and oxygen atoms in total. The molecule has 190 valence electrons. The maximum absolute atomic E-state index is 7.92. The molecule has 1 aliphatic carbocycles. The van der Waals surface area contributed by atoms with Gasteiger partial charge in [-0.05, 0) is 87.5 Å². The molecule has 4 heteroatoms. The zero-order chi connectivity index (χ0) is 26.2. The number of hydrogen-bond acceptors (Lipinski definition) is 1. The van der Waals surface area contributed by atoms with Crippen molar-refractivity contribution < 1.29 is 0 Å². The van der Waals surface area contributed by atoms with E-state index < -0.39 is 6.69 Å². The van der Waals surface area contributed by atoms with Crippen LogP contribution < -0.4 is 4.90 Å². The lowest BCUT2D eigenvalue weighted by Crippen LogP contribution is -2.61. The summed E-state index contributed by atoms with van der Waals surface area (Å²) < 4.78 is 0. The fourth-order valence-electron chi connectivity index (χ4n) is 7.24. The first kappa shape index (κ1) is 27.9. The molecule has 3 rings (SSSR count). The average Bonchev–Trinajstić information content (AvgIpc) is 3.01. The van der Waals surface area contributed by atoms with Crippen LogP contribution in [-0.4, -0.2) is 17.9 Å². The molecule has 0 unspecified atom stereocenters. The Balaban J connectivity index is 2.39. The van der Waals surface area contributed by atoms with Crippen LogP contribution in [0.5, 0.6) is 0 Å². The molecular formula is C30H47Cl2NSi. The van der Waals surface area contributed by atoms with Crippen LogP contribution in [-0.2, 0) is 0 Å². The first-order valence-electron chi connectivity index (χ1n) is 13.0. The Morgan fingerprint density at radius 1 is 0.824 bits per heavy atom. The van der Waals surface area contributed by atoms with Gasteiger partial charge in [0.2, 0.25) is 0 Å². The Hall–Kier alpha value is -0.703. The van der Waals surface area contributed by atoms with Crippen molar-refractivity contribution in [3.05, 3.63) is 51.6 Å². The number of hydrogen-bond donors (Lipinski definition) is 0. The molecule has 1 aromatic carbocycles. The highest BCUT2D eigenvalue weighted by atomic mass is 35.7. The average molecular weight is 521 g/mol. The third-order valence-electron chi connectivity index (χ3n) is 9.32. The highest BCUT2D eigenvalue weighted by Gasteiger charge is 2.68. The third-order valence-corrected chi connectivity index (χ3v) is 16.6. The van der Waals surface area contributed by atoms with Crippen LogP contribution in [0.2, 0.25) is 5.04 Å². The van der Waals surface area contributed by atoms with Crippen molar-refractivity contribution in [1.29, 1.82) is 0 Å². The van der Waals surface area contributed by atoms with Crippen LogP contribution >= 0.6 is 22.2 Å². The summed E-state index contributed by atoms with van der Waals surface area (Å²) in [6.07, 6.45) is 1.06. The Morgan fingerprint density at radius 2 is 1.24 bits per heavy atom. The van der Waals surface area contributed by atoms with Crippen molar-refractivity contribution in [3.63, 3.8) is 0 Å². The summed E-state index contributed by atoms with van der Waals surface area (Å²) in [5, 5.41) is -0.296. The van der Waals surface area contributed by atoms with E-state index in [0.717, 1.165) is 6.42 Å². The zero-order valence-corrected chi connectivity index (χ0v) is 26.4. The van der Waals surface area contributed by atoms with E-state index in [9.17, 15) is 0 Å². The van der Waals surface area contributed by atoms with E-state index >= 15 is 0 Å². The van der Waals surface area contributed by atoms with Gasteiger partial charge in [0.25, 0.3) is 6.69 Å². The minimum Gasteiger partial charge on any atom is -0.363 e. The first-order chi connectivity index (χ1) is 15.3. The fraction of sp³-hybridized carbons (Fsp3) is 0.667. The maximum atomic E-state index is 7.92. The number of para-hydroxylation sites is 1. The van der Waals surface area contributed by atoms with Crippen LogP contribution in [0.25, 0.3) is 0 Å². The molecule has 1 atom stereocenters. The van der Waals surface area contributed by atoms with Crippen molar-refractivity contribution in [2.75, 3.05) is 4.90 Å². The topological polar surface area (TPSA) is 3.24 Å². The van der Waals surface area contributed by atoms with Crippen molar-refractivity contribution in [3.8, 4) is 0 Å². The van der Waals surface area contributed by atoms with Gasteiger partial charge < -0.3 is 4.90 Å². The minimum absolute atomic E-state index is 0.0223. The van der Waals surface area contributed by atoms with Gasteiger partial charge in [0.05, 0.1) is 5.67 Å². The lowest BCUT2D eigenvalue weighted by Gasteiger charge is -2.51. The van der Waals surface area contributed by atoms with Crippen LogP contribution in [0, 0.1) is 5.41 Å². The Bertz CT molecular complexity index is 992. The van der Waals surface area contributed by atoms with Gasteiger partial charge in [-0.1, -0.05) is 77.8 Å². The molecule has 0 amide bonds. The second kappa shape index (κ2) is 8.70. The Labute approximate surface area is 220 Å². The van der Waals surface area contributed by atoms with E-state index in [4.69, 9.17) is 22.2 Å². The number of benzene rings is 1. The predicted octanol–water partition coefficient (Wildman–Crippen LogP) is 10.2. The monoisotopic (exact) mass is 519 g/mol. The summed E-state index contributed by atoms with van der Waals surface area (Å²) in [5.74, 6) is 0.843. The first-order valence-corrected chi connectivity index (χ1v) is 17.1. The van der Waals surface area contributed by atoms with Gasteiger partial charge in [0.15, 0.2) is 0 Å². The molecule has 1 fully saturated rings. The molecule has 1 heterocycles. The van der Waals surface area contributed by atoms with Crippen molar-refractivity contribution in [2.45, 2.75) is 125 Å².